The predicted molar refractivity (Wildman–Crippen MR) is 76.3 cm³/mol. The molecule has 1 aromatic heterocycles. The van der Waals surface area contributed by atoms with E-state index >= 15 is 0 Å². The van der Waals surface area contributed by atoms with Crippen molar-refractivity contribution in [2.75, 3.05) is 12.3 Å². The average molecular weight is 294 g/mol. The number of ether oxygens (including phenoxy) is 1. The molecule has 1 fully saturated rings. The van der Waals surface area contributed by atoms with Gasteiger partial charge in [-0.05, 0) is 47.9 Å². The van der Waals surface area contributed by atoms with Crippen molar-refractivity contribution < 1.29 is 4.74 Å². The van der Waals surface area contributed by atoms with Crippen LogP contribution in [0.1, 0.15) is 19.3 Å². The van der Waals surface area contributed by atoms with Gasteiger partial charge in [0.15, 0.2) is 5.82 Å². The van der Waals surface area contributed by atoms with Crippen molar-refractivity contribution in [3.8, 4) is 11.4 Å². The number of hydrogen-bond acceptors (Lipinski definition) is 5. The molecule has 0 aliphatic carbocycles. The summed E-state index contributed by atoms with van der Waals surface area (Å²) in [5, 5.41) is 12.4. The lowest BCUT2D eigenvalue weighted by Crippen LogP contribution is -2.12. The topological polar surface area (TPSA) is 78.9 Å². The summed E-state index contributed by atoms with van der Waals surface area (Å²) in [5.41, 5.74) is 7.35. The zero-order valence-corrected chi connectivity index (χ0v) is 11.8. The van der Waals surface area contributed by atoms with Gasteiger partial charge >= 0.3 is 0 Å². The molecule has 20 heavy (non-hydrogen) atoms. The highest BCUT2D eigenvalue weighted by Crippen LogP contribution is 2.27. The van der Waals surface area contributed by atoms with E-state index in [4.69, 9.17) is 22.1 Å². The number of aryl methyl sites for hydroxylation is 1. The Hall–Kier alpha value is -1.66. The molecule has 1 aliphatic heterocycles. The van der Waals surface area contributed by atoms with E-state index in [0.717, 1.165) is 31.4 Å². The molecule has 106 valence electrons. The van der Waals surface area contributed by atoms with Gasteiger partial charge in [0.2, 0.25) is 0 Å². The third-order valence-electron chi connectivity index (χ3n) is 3.48. The monoisotopic (exact) mass is 293 g/mol. The van der Waals surface area contributed by atoms with E-state index in [1.807, 2.05) is 0 Å². The van der Waals surface area contributed by atoms with Gasteiger partial charge in [-0.25, -0.2) is 4.68 Å². The second-order valence-electron chi connectivity index (χ2n) is 4.88. The maximum absolute atomic E-state index is 6.01. The van der Waals surface area contributed by atoms with Gasteiger partial charge in [0.25, 0.3) is 0 Å². The second-order valence-corrected chi connectivity index (χ2v) is 5.32. The molecule has 2 N–H and O–H groups in total. The fourth-order valence-corrected chi connectivity index (χ4v) is 2.58. The predicted octanol–water partition coefficient (Wildman–Crippen LogP) is 2.14. The van der Waals surface area contributed by atoms with Crippen LogP contribution in [0.25, 0.3) is 11.4 Å². The molecule has 0 bridgehead atoms. The van der Waals surface area contributed by atoms with E-state index in [-0.39, 0.29) is 0 Å². The van der Waals surface area contributed by atoms with Gasteiger partial charge in [0.05, 0.1) is 6.10 Å². The van der Waals surface area contributed by atoms with Crippen LogP contribution >= 0.6 is 11.6 Å². The SMILES string of the molecule is Nc1ccc(Cl)cc1-c1nnnn1CCC1CCCO1. The van der Waals surface area contributed by atoms with Crippen LogP contribution < -0.4 is 5.73 Å². The van der Waals surface area contributed by atoms with Crippen LogP contribution in [0.4, 0.5) is 5.69 Å². The Morgan fingerprint density at radius 1 is 1.45 bits per heavy atom. The zero-order chi connectivity index (χ0) is 13.9. The number of benzene rings is 1. The lowest BCUT2D eigenvalue weighted by molar-refractivity contribution is 0.0994. The van der Waals surface area contributed by atoms with E-state index < -0.39 is 0 Å². The Kier molecular flexibility index (Phi) is 3.84. The number of nitrogens with two attached hydrogens (primary N) is 1. The largest absolute Gasteiger partial charge is 0.398 e. The van der Waals surface area contributed by atoms with Gasteiger partial charge in [0, 0.05) is 29.4 Å². The minimum absolute atomic E-state index is 0.309. The van der Waals surface area contributed by atoms with Crippen molar-refractivity contribution in [3.05, 3.63) is 23.2 Å². The van der Waals surface area contributed by atoms with Gasteiger partial charge in [-0.2, -0.15) is 0 Å². The highest BCUT2D eigenvalue weighted by Gasteiger charge is 2.18. The summed E-state index contributed by atoms with van der Waals surface area (Å²) in [6, 6.07) is 5.29. The van der Waals surface area contributed by atoms with Crippen LogP contribution in [0, 0.1) is 0 Å². The van der Waals surface area contributed by atoms with Crippen molar-refractivity contribution in [1.29, 1.82) is 0 Å². The number of hydrogen-bond donors (Lipinski definition) is 1. The van der Waals surface area contributed by atoms with Crippen molar-refractivity contribution >= 4 is 17.3 Å². The normalized spacial score (nSPS) is 18.6. The van der Waals surface area contributed by atoms with Gasteiger partial charge in [-0.15, -0.1) is 5.10 Å². The zero-order valence-electron chi connectivity index (χ0n) is 11.0. The molecule has 0 spiro atoms. The van der Waals surface area contributed by atoms with Gasteiger partial charge in [-0.3, -0.25) is 0 Å². The summed E-state index contributed by atoms with van der Waals surface area (Å²) in [6.45, 7) is 1.56. The van der Waals surface area contributed by atoms with E-state index in [2.05, 4.69) is 15.5 Å². The molecule has 6 nitrogen and oxygen atoms in total. The molecule has 2 aromatic rings. The van der Waals surface area contributed by atoms with Gasteiger partial charge in [0.1, 0.15) is 0 Å². The molecule has 1 aliphatic rings. The van der Waals surface area contributed by atoms with E-state index in [9.17, 15) is 0 Å². The highest BCUT2D eigenvalue weighted by atomic mass is 35.5. The first-order valence-electron chi connectivity index (χ1n) is 6.67. The number of nitrogen functional groups attached to an aromatic ring is 1. The second kappa shape index (κ2) is 5.76. The molecule has 0 amide bonds. The molecule has 1 aromatic carbocycles. The molecule has 1 unspecified atom stereocenters. The van der Waals surface area contributed by atoms with Gasteiger partial charge < -0.3 is 10.5 Å². The van der Waals surface area contributed by atoms with Crippen molar-refractivity contribution in [2.24, 2.45) is 0 Å². The number of nitrogens with zero attached hydrogens (tertiary/aromatic N) is 4. The van der Waals surface area contributed by atoms with Crippen LogP contribution in [0.5, 0.6) is 0 Å². The Bertz CT molecular complexity index is 594. The number of anilines is 1. The van der Waals surface area contributed by atoms with E-state index in [0.29, 0.717) is 29.2 Å². The first-order valence-corrected chi connectivity index (χ1v) is 7.05. The standard InChI is InChI=1S/C13H16ClN5O/c14-9-3-4-12(15)11(8-9)13-16-17-18-19(13)6-5-10-2-1-7-20-10/h3-4,8,10H,1-2,5-7,15H2. The third-order valence-corrected chi connectivity index (χ3v) is 3.71. The minimum Gasteiger partial charge on any atom is -0.398 e. The molecule has 3 rings (SSSR count). The number of aromatic nitrogens is 4. The van der Waals surface area contributed by atoms with E-state index in [1.54, 1.807) is 22.9 Å². The Morgan fingerprint density at radius 2 is 2.35 bits per heavy atom. The van der Waals surface area contributed by atoms with Crippen molar-refractivity contribution in [3.63, 3.8) is 0 Å². The first kappa shape index (κ1) is 13.3. The van der Waals surface area contributed by atoms with Crippen molar-refractivity contribution in [2.45, 2.75) is 31.9 Å². The maximum atomic E-state index is 6.01. The summed E-state index contributed by atoms with van der Waals surface area (Å²) in [4.78, 5) is 0. The molecular weight excluding hydrogens is 278 g/mol. The van der Waals surface area contributed by atoms with Crippen LogP contribution in [0.3, 0.4) is 0 Å². The molecule has 2 heterocycles. The number of halogens is 1. The summed E-state index contributed by atoms with van der Waals surface area (Å²) >= 11 is 6.01. The molecule has 7 heteroatoms. The highest BCUT2D eigenvalue weighted by molar-refractivity contribution is 6.31. The van der Waals surface area contributed by atoms with Crippen LogP contribution in [-0.2, 0) is 11.3 Å². The molecular formula is C13H16ClN5O. The number of rotatable bonds is 4. The summed E-state index contributed by atoms with van der Waals surface area (Å²) in [6.07, 6.45) is 3.45. The van der Waals surface area contributed by atoms with Crippen molar-refractivity contribution in [1.82, 2.24) is 20.2 Å². The fourth-order valence-electron chi connectivity index (χ4n) is 2.41. The summed E-state index contributed by atoms with van der Waals surface area (Å²) in [7, 11) is 0. The number of tetrazole rings is 1. The lowest BCUT2D eigenvalue weighted by atomic mass is 10.1. The lowest BCUT2D eigenvalue weighted by Gasteiger charge is -2.10. The Labute approximate surface area is 121 Å². The summed E-state index contributed by atoms with van der Waals surface area (Å²) < 4.78 is 7.37. The molecule has 0 saturated carbocycles. The Morgan fingerprint density at radius 3 is 3.15 bits per heavy atom. The molecule has 1 atom stereocenters. The van der Waals surface area contributed by atoms with Crippen LogP contribution in [-0.4, -0.2) is 32.9 Å². The molecule has 1 saturated heterocycles. The molecule has 0 radical (unpaired) electrons. The van der Waals surface area contributed by atoms with Crippen LogP contribution in [0.2, 0.25) is 5.02 Å². The fraction of sp³-hybridized carbons (Fsp3) is 0.462. The van der Waals surface area contributed by atoms with E-state index in [1.165, 1.54) is 0 Å². The Balaban J connectivity index is 1.80. The maximum Gasteiger partial charge on any atom is 0.184 e. The minimum atomic E-state index is 0.309. The quantitative estimate of drug-likeness (QED) is 0.874. The average Bonchev–Trinajstić information content (AvgIpc) is 3.09. The van der Waals surface area contributed by atoms with Gasteiger partial charge in [-0.1, -0.05) is 11.6 Å². The van der Waals surface area contributed by atoms with Crippen LogP contribution in [0.15, 0.2) is 18.2 Å². The third kappa shape index (κ3) is 2.76. The first-order chi connectivity index (χ1) is 9.74. The smallest absolute Gasteiger partial charge is 0.184 e. The summed E-state index contributed by atoms with van der Waals surface area (Å²) in [5.74, 6) is 0.642.